The molecule has 0 radical (unpaired) electrons. The number of halogens is 1. The second-order valence-electron chi connectivity index (χ2n) is 4.44. The predicted octanol–water partition coefficient (Wildman–Crippen LogP) is 1.54. The zero-order valence-corrected chi connectivity index (χ0v) is 12.2. The standard InChI is InChI=1S/C13H18ClN3O3/c1-3-4-10(13(19)20)16-12(18)8-17(2)11-6-5-9(14)7-15-11/h5-7,10H,3-4,8H2,1-2H3,(H,16,18)(H,19,20)/t10-/m1/s1. The number of aromatic nitrogens is 1. The quantitative estimate of drug-likeness (QED) is 0.798. The van der Waals surface area contributed by atoms with Gasteiger partial charge in [0.05, 0.1) is 11.6 Å². The van der Waals surface area contributed by atoms with E-state index in [1.807, 2.05) is 6.92 Å². The first-order valence-electron chi connectivity index (χ1n) is 6.29. The molecule has 20 heavy (non-hydrogen) atoms. The van der Waals surface area contributed by atoms with Crippen molar-refractivity contribution >= 4 is 29.3 Å². The van der Waals surface area contributed by atoms with Gasteiger partial charge in [0, 0.05) is 13.2 Å². The summed E-state index contributed by atoms with van der Waals surface area (Å²) in [7, 11) is 1.70. The molecule has 1 aromatic heterocycles. The van der Waals surface area contributed by atoms with Crippen LogP contribution < -0.4 is 10.2 Å². The highest BCUT2D eigenvalue weighted by atomic mass is 35.5. The van der Waals surface area contributed by atoms with Gasteiger partial charge in [0.1, 0.15) is 11.9 Å². The molecule has 0 aromatic carbocycles. The van der Waals surface area contributed by atoms with Crippen LogP contribution in [0.5, 0.6) is 0 Å². The number of carbonyl (C=O) groups is 2. The Morgan fingerprint density at radius 1 is 1.50 bits per heavy atom. The SMILES string of the molecule is CCC[C@@H](NC(=O)CN(C)c1ccc(Cl)cn1)C(=O)O. The summed E-state index contributed by atoms with van der Waals surface area (Å²) in [6, 6.07) is 2.52. The maximum Gasteiger partial charge on any atom is 0.326 e. The minimum Gasteiger partial charge on any atom is -0.480 e. The summed E-state index contributed by atoms with van der Waals surface area (Å²) < 4.78 is 0. The van der Waals surface area contributed by atoms with E-state index in [4.69, 9.17) is 16.7 Å². The van der Waals surface area contributed by atoms with Crippen LogP contribution in [0.15, 0.2) is 18.3 Å². The zero-order chi connectivity index (χ0) is 15.1. The number of rotatable bonds is 7. The van der Waals surface area contributed by atoms with Gasteiger partial charge in [0.2, 0.25) is 5.91 Å². The number of carbonyl (C=O) groups excluding carboxylic acids is 1. The number of hydrogen-bond acceptors (Lipinski definition) is 4. The van der Waals surface area contributed by atoms with Crippen LogP contribution in [-0.2, 0) is 9.59 Å². The fourth-order valence-electron chi connectivity index (χ4n) is 1.68. The van der Waals surface area contributed by atoms with Crippen molar-refractivity contribution in [2.24, 2.45) is 0 Å². The van der Waals surface area contributed by atoms with Crippen LogP contribution >= 0.6 is 11.6 Å². The molecule has 6 nitrogen and oxygen atoms in total. The number of amides is 1. The van der Waals surface area contributed by atoms with E-state index in [0.29, 0.717) is 23.7 Å². The first kappa shape index (κ1) is 16.2. The number of nitrogens with one attached hydrogen (secondary N) is 1. The molecule has 0 saturated heterocycles. The molecule has 0 spiro atoms. The van der Waals surface area contributed by atoms with Crippen molar-refractivity contribution in [3.63, 3.8) is 0 Å². The summed E-state index contributed by atoms with van der Waals surface area (Å²) in [5, 5.41) is 12.0. The number of likely N-dealkylation sites (N-methyl/N-ethyl adjacent to an activating group) is 1. The maximum absolute atomic E-state index is 11.8. The second kappa shape index (κ2) is 7.69. The van der Waals surface area contributed by atoms with Crippen molar-refractivity contribution in [1.82, 2.24) is 10.3 Å². The van der Waals surface area contributed by atoms with E-state index in [0.717, 1.165) is 0 Å². The van der Waals surface area contributed by atoms with Gasteiger partial charge >= 0.3 is 5.97 Å². The zero-order valence-electron chi connectivity index (χ0n) is 11.5. The third-order valence-electron chi connectivity index (χ3n) is 2.69. The van der Waals surface area contributed by atoms with Crippen molar-refractivity contribution in [3.8, 4) is 0 Å². The van der Waals surface area contributed by atoms with Gasteiger partial charge < -0.3 is 15.3 Å². The lowest BCUT2D eigenvalue weighted by atomic mass is 10.1. The summed E-state index contributed by atoms with van der Waals surface area (Å²) in [6.45, 7) is 1.90. The van der Waals surface area contributed by atoms with Crippen LogP contribution in [0.1, 0.15) is 19.8 Å². The smallest absolute Gasteiger partial charge is 0.326 e. The van der Waals surface area contributed by atoms with Gasteiger partial charge in [0.15, 0.2) is 0 Å². The highest BCUT2D eigenvalue weighted by molar-refractivity contribution is 6.30. The lowest BCUT2D eigenvalue weighted by molar-refractivity contribution is -0.141. The first-order valence-corrected chi connectivity index (χ1v) is 6.66. The molecule has 1 rings (SSSR count). The molecule has 0 saturated carbocycles. The minimum absolute atomic E-state index is 0.0299. The number of nitrogens with zero attached hydrogens (tertiary/aromatic N) is 2. The summed E-state index contributed by atoms with van der Waals surface area (Å²) in [5.74, 6) is -0.788. The Bertz CT molecular complexity index is 464. The molecule has 0 unspecified atom stereocenters. The van der Waals surface area contributed by atoms with E-state index in [9.17, 15) is 9.59 Å². The molecule has 1 amide bonds. The average molecular weight is 300 g/mol. The molecule has 1 atom stereocenters. The molecule has 0 bridgehead atoms. The molecule has 1 heterocycles. The summed E-state index contributed by atoms with van der Waals surface area (Å²) in [4.78, 5) is 28.5. The molecule has 0 aliphatic heterocycles. The fraction of sp³-hybridized carbons (Fsp3) is 0.462. The Morgan fingerprint density at radius 3 is 2.70 bits per heavy atom. The van der Waals surface area contributed by atoms with Gasteiger partial charge in [-0.3, -0.25) is 4.79 Å². The molecule has 1 aromatic rings. The number of carboxylic acids is 1. The Balaban J connectivity index is 2.56. The molecular weight excluding hydrogens is 282 g/mol. The van der Waals surface area contributed by atoms with E-state index < -0.39 is 12.0 Å². The lowest BCUT2D eigenvalue weighted by Gasteiger charge is -2.19. The average Bonchev–Trinajstić information content (AvgIpc) is 2.38. The molecule has 7 heteroatoms. The normalized spacial score (nSPS) is 11.8. The summed E-state index contributed by atoms with van der Waals surface area (Å²) >= 11 is 5.73. The Kier molecular flexibility index (Phi) is 6.24. The highest BCUT2D eigenvalue weighted by Gasteiger charge is 2.19. The van der Waals surface area contributed by atoms with Gasteiger partial charge in [-0.1, -0.05) is 24.9 Å². The van der Waals surface area contributed by atoms with Crippen molar-refractivity contribution in [2.75, 3.05) is 18.5 Å². The summed E-state index contributed by atoms with van der Waals surface area (Å²) in [6.07, 6.45) is 2.58. The van der Waals surface area contributed by atoms with Crippen LogP contribution in [-0.4, -0.2) is 41.6 Å². The summed E-state index contributed by atoms with van der Waals surface area (Å²) in [5.41, 5.74) is 0. The number of hydrogen-bond donors (Lipinski definition) is 2. The van der Waals surface area contributed by atoms with Gasteiger partial charge in [-0.05, 0) is 18.6 Å². The van der Waals surface area contributed by atoms with Crippen molar-refractivity contribution < 1.29 is 14.7 Å². The van der Waals surface area contributed by atoms with E-state index in [2.05, 4.69) is 10.3 Å². The fourth-order valence-corrected chi connectivity index (χ4v) is 1.79. The van der Waals surface area contributed by atoms with E-state index in [1.165, 1.54) is 6.20 Å². The van der Waals surface area contributed by atoms with Gasteiger partial charge in [0.25, 0.3) is 0 Å². The third kappa shape index (κ3) is 5.05. The number of anilines is 1. The molecule has 2 N–H and O–H groups in total. The topological polar surface area (TPSA) is 82.5 Å². The van der Waals surface area contributed by atoms with Crippen LogP contribution in [0.2, 0.25) is 5.02 Å². The Labute approximate surface area is 122 Å². The predicted molar refractivity (Wildman–Crippen MR) is 77.0 cm³/mol. The van der Waals surface area contributed by atoms with E-state index in [-0.39, 0.29) is 12.5 Å². The molecule has 0 aliphatic carbocycles. The molecular formula is C13H18ClN3O3. The van der Waals surface area contributed by atoms with E-state index in [1.54, 1.807) is 24.1 Å². The van der Waals surface area contributed by atoms with Gasteiger partial charge in [-0.2, -0.15) is 0 Å². The van der Waals surface area contributed by atoms with Crippen LogP contribution in [0.25, 0.3) is 0 Å². The van der Waals surface area contributed by atoms with Crippen molar-refractivity contribution in [1.29, 1.82) is 0 Å². The maximum atomic E-state index is 11.8. The van der Waals surface area contributed by atoms with E-state index >= 15 is 0 Å². The largest absolute Gasteiger partial charge is 0.480 e. The number of aliphatic carboxylic acids is 1. The van der Waals surface area contributed by atoms with Gasteiger partial charge in [-0.15, -0.1) is 0 Å². The first-order chi connectivity index (χ1) is 9.43. The Morgan fingerprint density at radius 2 is 2.20 bits per heavy atom. The second-order valence-corrected chi connectivity index (χ2v) is 4.87. The van der Waals surface area contributed by atoms with Crippen molar-refractivity contribution in [3.05, 3.63) is 23.4 Å². The molecule has 0 fully saturated rings. The van der Waals surface area contributed by atoms with Crippen LogP contribution in [0.3, 0.4) is 0 Å². The third-order valence-corrected chi connectivity index (χ3v) is 2.92. The molecule has 110 valence electrons. The van der Waals surface area contributed by atoms with Crippen LogP contribution in [0, 0.1) is 0 Å². The van der Waals surface area contributed by atoms with Crippen molar-refractivity contribution in [2.45, 2.75) is 25.8 Å². The van der Waals surface area contributed by atoms with Crippen LogP contribution in [0.4, 0.5) is 5.82 Å². The lowest BCUT2D eigenvalue weighted by Crippen LogP contribution is -2.45. The monoisotopic (exact) mass is 299 g/mol. The number of pyridine rings is 1. The molecule has 0 aliphatic rings. The van der Waals surface area contributed by atoms with Gasteiger partial charge in [-0.25, -0.2) is 9.78 Å². The Hall–Kier alpha value is -1.82. The number of carboxylic acid groups (broad SMARTS) is 1. The minimum atomic E-state index is -1.02. The highest BCUT2D eigenvalue weighted by Crippen LogP contribution is 2.12.